The molecule has 4 heteroatoms. The van der Waals surface area contributed by atoms with Crippen molar-refractivity contribution in [1.29, 1.82) is 0 Å². The number of carbonyl (C=O) groups excluding carboxylic acids is 3. The molecule has 1 saturated heterocycles. The predicted molar refractivity (Wildman–Crippen MR) is 67.3 cm³/mol. The molecule has 0 aliphatic carbocycles. The maximum atomic E-state index is 12.0. The van der Waals surface area contributed by atoms with Crippen LogP contribution >= 0.6 is 0 Å². The van der Waals surface area contributed by atoms with Crippen molar-refractivity contribution in [3.8, 4) is 0 Å². The number of anilines is 1. The molecule has 0 N–H and O–H groups in total. The van der Waals surface area contributed by atoms with E-state index in [1.807, 2.05) is 6.92 Å². The normalized spacial score (nSPS) is 19.4. The number of ketones is 1. The summed E-state index contributed by atoms with van der Waals surface area (Å²) in [7, 11) is 0. The second-order valence-corrected chi connectivity index (χ2v) is 4.48. The Morgan fingerprint density at radius 3 is 2.67 bits per heavy atom. The predicted octanol–water partition coefficient (Wildman–Crippen LogP) is 2.18. The van der Waals surface area contributed by atoms with Gasteiger partial charge in [0.05, 0.1) is 5.69 Å². The summed E-state index contributed by atoms with van der Waals surface area (Å²) in [5.41, 5.74) is 1.00. The standard InChI is InChI=1S/C14H15NO3/c1-3-10-8-13(17)15(14(10)18)12-6-4-5-11(7-12)9(2)16/h4-7,10H,3,8H2,1-2H3. The molecule has 1 aliphatic heterocycles. The minimum absolute atomic E-state index is 0.0806. The van der Waals surface area contributed by atoms with Gasteiger partial charge in [0.25, 0.3) is 0 Å². The summed E-state index contributed by atoms with van der Waals surface area (Å²) < 4.78 is 0. The van der Waals surface area contributed by atoms with E-state index in [9.17, 15) is 14.4 Å². The molecular weight excluding hydrogens is 230 g/mol. The summed E-state index contributed by atoms with van der Waals surface area (Å²) in [6.45, 7) is 3.35. The maximum Gasteiger partial charge on any atom is 0.237 e. The van der Waals surface area contributed by atoms with Crippen molar-refractivity contribution in [2.45, 2.75) is 26.7 Å². The molecule has 0 saturated carbocycles. The van der Waals surface area contributed by atoms with Crippen molar-refractivity contribution in [3.05, 3.63) is 29.8 Å². The Morgan fingerprint density at radius 1 is 1.39 bits per heavy atom. The van der Waals surface area contributed by atoms with Crippen LogP contribution < -0.4 is 4.90 Å². The quantitative estimate of drug-likeness (QED) is 0.605. The minimum Gasteiger partial charge on any atom is -0.295 e. The zero-order valence-electron chi connectivity index (χ0n) is 10.5. The van der Waals surface area contributed by atoms with E-state index in [0.29, 0.717) is 17.7 Å². The van der Waals surface area contributed by atoms with Crippen LogP contribution in [-0.2, 0) is 9.59 Å². The number of hydrogen-bond donors (Lipinski definition) is 0. The van der Waals surface area contributed by atoms with E-state index in [4.69, 9.17) is 0 Å². The van der Waals surface area contributed by atoms with E-state index < -0.39 is 0 Å². The van der Waals surface area contributed by atoms with E-state index in [-0.39, 0.29) is 29.9 Å². The van der Waals surface area contributed by atoms with Crippen LogP contribution in [0.4, 0.5) is 5.69 Å². The Balaban J connectivity index is 2.37. The van der Waals surface area contributed by atoms with Gasteiger partial charge in [0.1, 0.15) is 0 Å². The lowest BCUT2D eigenvalue weighted by molar-refractivity contribution is -0.122. The van der Waals surface area contributed by atoms with Gasteiger partial charge in [0, 0.05) is 17.9 Å². The molecule has 1 aromatic carbocycles. The average Bonchev–Trinajstić information content (AvgIpc) is 2.64. The summed E-state index contributed by atoms with van der Waals surface area (Å²) in [6, 6.07) is 6.64. The first-order chi connectivity index (χ1) is 8.54. The van der Waals surface area contributed by atoms with Gasteiger partial charge in [-0.2, -0.15) is 0 Å². The van der Waals surface area contributed by atoms with Crippen molar-refractivity contribution in [3.63, 3.8) is 0 Å². The molecule has 1 aliphatic rings. The van der Waals surface area contributed by atoms with Crippen molar-refractivity contribution in [1.82, 2.24) is 0 Å². The zero-order valence-corrected chi connectivity index (χ0v) is 10.5. The highest BCUT2D eigenvalue weighted by atomic mass is 16.2. The fraction of sp³-hybridized carbons (Fsp3) is 0.357. The van der Waals surface area contributed by atoms with Crippen molar-refractivity contribution < 1.29 is 14.4 Å². The van der Waals surface area contributed by atoms with Crippen LogP contribution in [0.15, 0.2) is 24.3 Å². The van der Waals surface area contributed by atoms with Crippen LogP contribution in [0.25, 0.3) is 0 Å². The Hall–Kier alpha value is -1.97. The van der Waals surface area contributed by atoms with Crippen LogP contribution in [0.2, 0.25) is 0 Å². The molecule has 18 heavy (non-hydrogen) atoms. The lowest BCUT2D eigenvalue weighted by Crippen LogP contribution is -2.30. The van der Waals surface area contributed by atoms with Gasteiger partial charge in [-0.25, -0.2) is 0 Å². The first-order valence-electron chi connectivity index (χ1n) is 6.02. The topological polar surface area (TPSA) is 54.5 Å². The van der Waals surface area contributed by atoms with E-state index in [1.54, 1.807) is 24.3 Å². The van der Waals surface area contributed by atoms with Crippen molar-refractivity contribution in [2.24, 2.45) is 5.92 Å². The van der Waals surface area contributed by atoms with Crippen LogP contribution in [0.5, 0.6) is 0 Å². The second-order valence-electron chi connectivity index (χ2n) is 4.48. The summed E-state index contributed by atoms with van der Waals surface area (Å²) >= 11 is 0. The molecule has 0 aromatic heterocycles. The Bertz CT molecular complexity index is 522. The van der Waals surface area contributed by atoms with Gasteiger partial charge in [-0.3, -0.25) is 19.3 Å². The fourth-order valence-corrected chi connectivity index (χ4v) is 2.15. The molecule has 1 aromatic rings. The molecule has 94 valence electrons. The molecule has 1 atom stereocenters. The molecule has 4 nitrogen and oxygen atoms in total. The Morgan fingerprint density at radius 2 is 2.11 bits per heavy atom. The van der Waals surface area contributed by atoms with Gasteiger partial charge >= 0.3 is 0 Å². The highest BCUT2D eigenvalue weighted by molar-refractivity contribution is 6.21. The molecule has 2 amide bonds. The Kier molecular flexibility index (Phi) is 3.28. The number of benzene rings is 1. The van der Waals surface area contributed by atoms with Gasteiger partial charge < -0.3 is 0 Å². The van der Waals surface area contributed by atoms with Crippen LogP contribution in [0.3, 0.4) is 0 Å². The van der Waals surface area contributed by atoms with E-state index in [1.165, 1.54) is 11.8 Å². The first-order valence-corrected chi connectivity index (χ1v) is 6.02. The number of Topliss-reactive ketones (excluding diaryl/α,β-unsaturated/α-hetero) is 1. The summed E-state index contributed by atoms with van der Waals surface area (Å²) in [5, 5.41) is 0. The number of amides is 2. The third-order valence-electron chi connectivity index (χ3n) is 3.24. The first kappa shape index (κ1) is 12.5. The molecule has 1 unspecified atom stereocenters. The SMILES string of the molecule is CCC1CC(=O)N(c2cccc(C(C)=O)c2)C1=O. The molecule has 0 bridgehead atoms. The van der Waals surface area contributed by atoms with E-state index >= 15 is 0 Å². The maximum absolute atomic E-state index is 12.0. The third-order valence-corrected chi connectivity index (χ3v) is 3.24. The van der Waals surface area contributed by atoms with Gasteiger partial charge in [-0.15, -0.1) is 0 Å². The average molecular weight is 245 g/mol. The number of rotatable bonds is 3. The second kappa shape index (κ2) is 4.72. The van der Waals surface area contributed by atoms with Gasteiger partial charge in [0.15, 0.2) is 5.78 Å². The highest BCUT2D eigenvalue weighted by Crippen LogP contribution is 2.28. The summed E-state index contributed by atoms with van der Waals surface area (Å²) in [6.07, 6.45) is 0.924. The van der Waals surface area contributed by atoms with E-state index in [0.717, 1.165) is 0 Å². The summed E-state index contributed by atoms with van der Waals surface area (Å²) in [5.74, 6) is -0.655. The fourth-order valence-electron chi connectivity index (χ4n) is 2.15. The lowest BCUT2D eigenvalue weighted by Gasteiger charge is -2.15. The smallest absolute Gasteiger partial charge is 0.237 e. The molecule has 1 fully saturated rings. The largest absolute Gasteiger partial charge is 0.295 e. The number of carbonyl (C=O) groups is 3. The van der Waals surface area contributed by atoms with Gasteiger partial charge in [-0.05, 0) is 25.5 Å². The van der Waals surface area contributed by atoms with Crippen molar-refractivity contribution >= 4 is 23.3 Å². The molecule has 0 spiro atoms. The van der Waals surface area contributed by atoms with E-state index in [2.05, 4.69) is 0 Å². The minimum atomic E-state index is -0.224. The number of nitrogens with zero attached hydrogens (tertiary/aromatic N) is 1. The molecule has 2 rings (SSSR count). The van der Waals surface area contributed by atoms with Gasteiger partial charge in [0.2, 0.25) is 11.8 Å². The molecular formula is C14H15NO3. The zero-order chi connectivity index (χ0) is 13.3. The molecule has 1 heterocycles. The summed E-state index contributed by atoms with van der Waals surface area (Å²) in [4.78, 5) is 36.4. The van der Waals surface area contributed by atoms with Crippen molar-refractivity contribution in [2.75, 3.05) is 4.90 Å². The van der Waals surface area contributed by atoms with Gasteiger partial charge in [-0.1, -0.05) is 19.1 Å². The highest BCUT2D eigenvalue weighted by Gasteiger charge is 2.38. The Labute approximate surface area is 106 Å². The van der Waals surface area contributed by atoms with Crippen LogP contribution in [0.1, 0.15) is 37.0 Å². The lowest BCUT2D eigenvalue weighted by atomic mass is 10.1. The van der Waals surface area contributed by atoms with Crippen LogP contribution in [0, 0.1) is 5.92 Å². The monoisotopic (exact) mass is 245 g/mol. The molecule has 0 radical (unpaired) electrons. The van der Waals surface area contributed by atoms with Crippen LogP contribution in [-0.4, -0.2) is 17.6 Å². The third kappa shape index (κ3) is 2.06. The number of hydrogen-bond acceptors (Lipinski definition) is 3. The number of imide groups is 1.